The van der Waals surface area contributed by atoms with Crippen molar-refractivity contribution in [3.63, 3.8) is 0 Å². The van der Waals surface area contributed by atoms with Gasteiger partial charge in [0, 0.05) is 31.6 Å². The average molecular weight is 409 g/mol. The normalized spacial score (nSPS) is 12.6. The number of aliphatic imine (C=N–C) groups is 1. The van der Waals surface area contributed by atoms with Crippen LogP contribution in [-0.2, 0) is 23.1 Å². The van der Waals surface area contributed by atoms with Crippen molar-refractivity contribution in [1.29, 1.82) is 0 Å². The highest BCUT2D eigenvalue weighted by Gasteiger charge is 2.22. The largest absolute Gasteiger partial charge is 0.352 e. The van der Waals surface area contributed by atoms with Crippen LogP contribution in [0.5, 0.6) is 0 Å². The molecule has 2 aromatic rings. The zero-order valence-corrected chi connectivity index (χ0v) is 18.1. The average Bonchev–Trinajstić information content (AvgIpc) is 3.06. The Hall–Kier alpha value is -1.90. The molecule has 1 heterocycles. The Morgan fingerprint density at radius 1 is 1.15 bits per heavy atom. The molecular formula is C19H28N4O2S2. The summed E-state index contributed by atoms with van der Waals surface area (Å²) in [6.07, 6.45) is 0. The van der Waals surface area contributed by atoms with Gasteiger partial charge >= 0.3 is 0 Å². The second kappa shape index (κ2) is 9.34. The molecule has 2 N–H and O–H groups in total. The Morgan fingerprint density at radius 3 is 2.30 bits per heavy atom. The monoisotopic (exact) mass is 408 g/mol. The van der Waals surface area contributed by atoms with E-state index in [2.05, 4.69) is 34.0 Å². The van der Waals surface area contributed by atoms with Gasteiger partial charge in [0.15, 0.2) is 5.96 Å². The number of guanidine groups is 1. The maximum atomic E-state index is 12.5. The topological polar surface area (TPSA) is 73.8 Å². The van der Waals surface area contributed by atoms with E-state index in [1.54, 1.807) is 37.6 Å². The first-order chi connectivity index (χ1) is 12.8. The molecule has 0 amide bonds. The number of rotatable bonds is 7. The Balaban J connectivity index is 1.95. The summed E-state index contributed by atoms with van der Waals surface area (Å²) in [5.74, 6) is 0.707. The zero-order valence-electron chi connectivity index (χ0n) is 16.5. The molecule has 6 nitrogen and oxygen atoms in total. The fourth-order valence-corrected chi connectivity index (χ4v) is 4.59. The Kier molecular flexibility index (Phi) is 7.41. The summed E-state index contributed by atoms with van der Waals surface area (Å²) in [7, 11) is -0.123. The highest BCUT2D eigenvalue weighted by Crippen LogP contribution is 2.17. The maximum absolute atomic E-state index is 12.5. The van der Waals surface area contributed by atoms with Crippen LogP contribution in [0, 0.1) is 6.92 Å². The van der Waals surface area contributed by atoms with Crippen LogP contribution < -0.4 is 10.6 Å². The molecule has 0 atom stereocenters. The molecule has 0 spiro atoms. The second-order valence-electron chi connectivity index (χ2n) is 6.57. The van der Waals surface area contributed by atoms with Gasteiger partial charge in [-0.1, -0.05) is 12.1 Å². The molecule has 0 saturated heterocycles. The first kappa shape index (κ1) is 21.4. The van der Waals surface area contributed by atoms with E-state index in [4.69, 9.17) is 0 Å². The van der Waals surface area contributed by atoms with E-state index in [0.717, 1.165) is 12.1 Å². The molecule has 1 aromatic heterocycles. The van der Waals surface area contributed by atoms with Crippen molar-refractivity contribution in [3.8, 4) is 0 Å². The molecule has 1 aromatic carbocycles. The van der Waals surface area contributed by atoms with Gasteiger partial charge in [0.2, 0.25) is 10.0 Å². The molecular weight excluding hydrogens is 380 g/mol. The molecule has 0 fully saturated rings. The first-order valence-corrected chi connectivity index (χ1v) is 11.1. The van der Waals surface area contributed by atoms with Crippen molar-refractivity contribution in [1.82, 2.24) is 14.9 Å². The molecule has 0 aliphatic heterocycles. The molecule has 148 valence electrons. The lowest BCUT2D eigenvalue weighted by molar-refractivity contribution is 0.410. The highest BCUT2D eigenvalue weighted by molar-refractivity contribution is 7.89. The summed E-state index contributed by atoms with van der Waals surface area (Å²) in [6, 6.07) is 8.96. The van der Waals surface area contributed by atoms with E-state index in [1.807, 2.05) is 26.0 Å². The van der Waals surface area contributed by atoms with E-state index in [1.165, 1.54) is 14.7 Å². The summed E-state index contributed by atoms with van der Waals surface area (Å²) < 4.78 is 26.4. The third kappa shape index (κ3) is 5.54. The number of benzene rings is 1. The highest BCUT2D eigenvalue weighted by atomic mass is 32.2. The lowest BCUT2D eigenvalue weighted by Crippen LogP contribution is -2.36. The van der Waals surface area contributed by atoms with Gasteiger partial charge in [-0.25, -0.2) is 8.42 Å². The number of nitrogens with zero attached hydrogens (tertiary/aromatic N) is 2. The molecule has 8 heteroatoms. The quantitative estimate of drug-likeness (QED) is 0.546. The standard InChI is InChI=1S/C19H28N4O2S2/c1-14(2)23(5)27(24,25)17-8-6-16(7-9-17)12-21-19(20-4)22-13-18-15(3)10-11-26-18/h6-11,14H,12-13H2,1-5H3,(H2,20,21,22). The molecule has 27 heavy (non-hydrogen) atoms. The van der Waals surface area contributed by atoms with Crippen LogP contribution >= 0.6 is 11.3 Å². The Bertz CT molecular complexity index is 871. The van der Waals surface area contributed by atoms with Crippen LogP contribution in [0.4, 0.5) is 0 Å². The van der Waals surface area contributed by atoms with Crippen molar-refractivity contribution in [2.24, 2.45) is 4.99 Å². The number of thiophene rings is 1. The van der Waals surface area contributed by atoms with Crippen LogP contribution in [0.15, 0.2) is 45.6 Å². The molecule has 0 radical (unpaired) electrons. The number of aryl methyl sites for hydroxylation is 1. The SMILES string of the molecule is CN=C(NCc1ccc(S(=O)(=O)N(C)C(C)C)cc1)NCc1sccc1C. The smallest absolute Gasteiger partial charge is 0.243 e. The van der Waals surface area contributed by atoms with Gasteiger partial charge in [-0.3, -0.25) is 4.99 Å². The summed E-state index contributed by atoms with van der Waals surface area (Å²) in [5.41, 5.74) is 2.25. The minimum atomic E-state index is -3.45. The van der Waals surface area contributed by atoms with E-state index in [0.29, 0.717) is 17.4 Å². The molecule has 0 saturated carbocycles. The van der Waals surface area contributed by atoms with Gasteiger partial charge in [-0.05, 0) is 55.5 Å². The van der Waals surface area contributed by atoms with Crippen molar-refractivity contribution in [2.45, 2.75) is 44.8 Å². The second-order valence-corrected chi connectivity index (χ2v) is 9.56. The van der Waals surface area contributed by atoms with Crippen LogP contribution in [0.1, 0.15) is 29.9 Å². The van der Waals surface area contributed by atoms with Gasteiger partial charge in [0.25, 0.3) is 0 Å². The van der Waals surface area contributed by atoms with E-state index >= 15 is 0 Å². The van der Waals surface area contributed by atoms with Crippen LogP contribution in [0.2, 0.25) is 0 Å². The molecule has 0 unspecified atom stereocenters. The van der Waals surface area contributed by atoms with E-state index < -0.39 is 10.0 Å². The molecule has 0 aliphatic rings. The van der Waals surface area contributed by atoms with Gasteiger partial charge in [0.05, 0.1) is 11.4 Å². The van der Waals surface area contributed by atoms with Gasteiger partial charge in [0.1, 0.15) is 0 Å². The minimum absolute atomic E-state index is 0.0854. The Morgan fingerprint density at radius 2 is 1.78 bits per heavy atom. The summed E-state index contributed by atoms with van der Waals surface area (Å²) in [6.45, 7) is 7.08. The first-order valence-electron chi connectivity index (χ1n) is 8.80. The zero-order chi connectivity index (χ0) is 20.0. The van der Waals surface area contributed by atoms with Crippen LogP contribution in [-0.4, -0.2) is 38.8 Å². The van der Waals surface area contributed by atoms with Crippen LogP contribution in [0.3, 0.4) is 0 Å². The van der Waals surface area contributed by atoms with Gasteiger partial charge < -0.3 is 10.6 Å². The number of nitrogens with one attached hydrogen (secondary N) is 2. The minimum Gasteiger partial charge on any atom is -0.352 e. The fourth-order valence-electron chi connectivity index (χ4n) is 2.38. The van der Waals surface area contributed by atoms with E-state index in [-0.39, 0.29) is 6.04 Å². The van der Waals surface area contributed by atoms with Crippen LogP contribution in [0.25, 0.3) is 0 Å². The molecule has 0 aliphatic carbocycles. The Labute approximate surface area is 166 Å². The third-order valence-corrected chi connectivity index (χ3v) is 7.47. The fraction of sp³-hybridized carbons (Fsp3) is 0.421. The number of hydrogen-bond acceptors (Lipinski definition) is 4. The lowest BCUT2D eigenvalue weighted by Gasteiger charge is -2.21. The van der Waals surface area contributed by atoms with Gasteiger partial charge in [-0.15, -0.1) is 11.3 Å². The number of hydrogen-bond donors (Lipinski definition) is 2. The third-order valence-electron chi connectivity index (χ3n) is 4.40. The van der Waals surface area contributed by atoms with Crippen molar-refractivity contribution in [3.05, 3.63) is 51.7 Å². The van der Waals surface area contributed by atoms with Crippen molar-refractivity contribution >= 4 is 27.3 Å². The molecule has 2 rings (SSSR count). The summed E-state index contributed by atoms with van der Waals surface area (Å²) in [5, 5.41) is 8.62. The maximum Gasteiger partial charge on any atom is 0.243 e. The lowest BCUT2D eigenvalue weighted by atomic mass is 10.2. The molecule has 0 bridgehead atoms. The predicted molar refractivity (Wildman–Crippen MR) is 113 cm³/mol. The summed E-state index contributed by atoms with van der Waals surface area (Å²) >= 11 is 1.72. The number of sulfonamides is 1. The predicted octanol–water partition coefficient (Wildman–Crippen LogP) is 2.95. The summed E-state index contributed by atoms with van der Waals surface area (Å²) in [4.78, 5) is 5.81. The van der Waals surface area contributed by atoms with Crippen molar-refractivity contribution < 1.29 is 8.42 Å². The van der Waals surface area contributed by atoms with Gasteiger partial charge in [-0.2, -0.15) is 4.31 Å². The van der Waals surface area contributed by atoms with Crippen molar-refractivity contribution in [2.75, 3.05) is 14.1 Å². The van der Waals surface area contributed by atoms with E-state index in [9.17, 15) is 8.42 Å².